The molecule has 0 fully saturated rings. The van der Waals surface area contributed by atoms with E-state index in [0.717, 1.165) is 6.42 Å². The van der Waals surface area contributed by atoms with Crippen molar-refractivity contribution in [3.05, 3.63) is 35.4 Å². The summed E-state index contributed by atoms with van der Waals surface area (Å²) in [6, 6.07) is 7.95. The lowest BCUT2D eigenvalue weighted by Gasteiger charge is -2.31. The van der Waals surface area contributed by atoms with E-state index in [1.807, 2.05) is 24.3 Å². The zero-order valence-electron chi connectivity index (χ0n) is 14.3. The van der Waals surface area contributed by atoms with E-state index in [2.05, 4.69) is 46.9 Å². The summed E-state index contributed by atoms with van der Waals surface area (Å²) < 4.78 is 0. The third-order valence-corrected chi connectivity index (χ3v) is 3.82. The van der Waals surface area contributed by atoms with Gasteiger partial charge < -0.3 is 11.1 Å². The predicted molar refractivity (Wildman–Crippen MR) is 89.5 cm³/mol. The summed E-state index contributed by atoms with van der Waals surface area (Å²) in [4.78, 5) is 12.4. The Morgan fingerprint density at radius 3 is 2.00 bits per heavy atom. The Morgan fingerprint density at radius 1 is 1.10 bits per heavy atom. The molecule has 3 heteroatoms. The second-order valence-electron chi connectivity index (χ2n) is 7.80. The molecule has 1 rings (SSSR count). The molecule has 0 spiro atoms. The third-order valence-electron chi connectivity index (χ3n) is 3.82. The Morgan fingerprint density at radius 2 is 1.62 bits per heavy atom. The van der Waals surface area contributed by atoms with Crippen molar-refractivity contribution in [1.82, 2.24) is 5.32 Å². The molecule has 3 nitrogen and oxygen atoms in total. The first-order chi connectivity index (χ1) is 9.55. The number of rotatable bonds is 4. The van der Waals surface area contributed by atoms with E-state index < -0.39 is 0 Å². The normalized spacial score (nSPS) is 13.9. The second kappa shape index (κ2) is 6.61. The molecule has 0 heterocycles. The number of hydrogen-bond donors (Lipinski definition) is 2. The van der Waals surface area contributed by atoms with E-state index in [4.69, 9.17) is 5.73 Å². The van der Waals surface area contributed by atoms with E-state index in [1.165, 1.54) is 5.56 Å². The minimum absolute atomic E-state index is 0.000377. The lowest BCUT2D eigenvalue weighted by atomic mass is 9.84. The van der Waals surface area contributed by atoms with Gasteiger partial charge in [-0.15, -0.1) is 0 Å². The van der Waals surface area contributed by atoms with Crippen molar-refractivity contribution in [2.75, 3.05) is 6.54 Å². The summed E-state index contributed by atoms with van der Waals surface area (Å²) in [5.74, 6) is -0.0242. The minimum Gasteiger partial charge on any atom is -0.349 e. The Kier molecular flexibility index (Phi) is 5.57. The van der Waals surface area contributed by atoms with Crippen LogP contribution in [0.1, 0.15) is 63.9 Å². The topological polar surface area (TPSA) is 55.1 Å². The van der Waals surface area contributed by atoms with Crippen LogP contribution < -0.4 is 11.1 Å². The van der Waals surface area contributed by atoms with Gasteiger partial charge in [0.25, 0.3) is 5.91 Å². The lowest BCUT2D eigenvalue weighted by Crippen LogP contribution is -2.44. The van der Waals surface area contributed by atoms with Crippen molar-refractivity contribution in [2.45, 2.75) is 59.4 Å². The fourth-order valence-electron chi connectivity index (χ4n) is 2.25. The molecule has 1 amide bonds. The fraction of sp³-hybridized carbons (Fsp3) is 0.611. The Labute approximate surface area is 129 Å². The molecule has 1 unspecified atom stereocenters. The van der Waals surface area contributed by atoms with E-state index in [0.29, 0.717) is 12.1 Å². The van der Waals surface area contributed by atoms with Crippen molar-refractivity contribution in [3.8, 4) is 0 Å². The Hall–Kier alpha value is -1.35. The molecule has 0 aromatic heterocycles. The molecule has 0 saturated heterocycles. The van der Waals surface area contributed by atoms with Gasteiger partial charge in [-0.3, -0.25) is 4.79 Å². The van der Waals surface area contributed by atoms with Gasteiger partial charge in [-0.25, -0.2) is 0 Å². The number of benzene rings is 1. The maximum Gasteiger partial charge on any atom is 0.251 e. The summed E-state index contributed by atoms with van der Waals surface area (Å²) in [5, 5.41) is 3.11. The van der Waals surface area contributed by atoms with Crippen molar-refractivity contribution < 1.29 is 4.79 Å². The van der Waals surface area contributed by atoms with Crippen LogP contribution >= 0.6 is 0 Å². The zero-order chi connectivity index (χ0) is 16.3. The summed E-state index contributed by atoms with van der Waals surface area (Å²) >= 11 is 0. The minimum atomic E-state index is -0.0242. The molecule has 1 atom stereocenters. The number of nitrogens with two attached hydrogens (primary N) is 1. The van der Waals surface area contributed by atoms with E-state index >= 15 is 0 Å². The van der Waals surface area contributed by atoms with Gasteiger partial charge in [-0.1, -0.05) is 53.7 Å². The monoisotopic (exact) mass is 290 g/mol. The van der Waals surface area contributed by atoms with Crippen LogP contribution in [0.5, 0.6) is 0 Å². The van der Waals surface area contributed by atoms with Crippen LogP contribution in [0, 0.1) is 5.41 Å². The van der Waals surface area contributed by atoms with Gasteiger partial charge in [-0.05, 0) is 41.5 Å². The van der Waals surface area contributed by atoms with Crippen LogP contribution in [-0.4, -0.2) is 18.5 Å². The maximum atomic E-state index is 12.4. The first-order valence-electron chi connectivity index (χ1n) is 7.67. The molecule has 0 aliphatic rings. The van der Waals surface area contributed by atoms with Gasteiger partial charge in [0.05, 0.1) is 0 Å². The average molecular weight is 290 g/mol. The molecule has 0 bridgehead atoms. The van der Waals surface area contributed by atoms with Gasteiger partial charge >= 0.3 is 0 Å². The molecule has 0 radical (unpaired) electrons. The second-order valence-corrected chi connectivity index (χ2v) is 7.80. The molecule has 118 valence electrons. The molecule has 21 heavy (non-hydrogen) atoms. The van der Waals surface area contributed by atoms with Crippen LogP contribution in [0.3, 0.4) is 0 Å². The highest BCUT2D eigenvalue weighted by Gasteiger charge is 2.26. The Bertz CT molecular complexity index is 463. The van der Waals surface area contributed by atoms with Crippen LogP contribution in [0.2, 0.25) is 0 Å². The highest BCUT2D eigenvalue weighted by Crippen LogP contribution is 2.24. The standard InChI is InChI=1S/C18H30N2O/c1-17(2,3)14-9-7-13(8-10-14)16(21)20-15(11-12-19)18(4,5)6/h7-10,15H,11-12,19H2,1-6H3,(H,20,21). The van der Waals surface area contributed by atoms with E-state index in [-0.39, 0.29) is 22.8 Å². The quantitative estimate of drug-likeness (QED) is 0.892. The largest absolute Gasteiger partial charge is 0.349 e. The van der Waals surface area contributed by atoms with Crippen molar-refractivity contribution in [2.24, 2.45) is 11.1 Å². The molecule has 0 aliphatic heterocycles. The highest BCUT2D eigenvalue weighted by atomic mass is 16.1. The number of carbonyl (C=O) groups excluding carboxylic acids is 1. The fourth-order valence-corrected chi connectivity index (χ4v) is 2.25. The zero-order valence-corrected chi connectivity index (χ0v) is 14.3. The van der Waals surface area contributed by atoms with Crippen molar-refractivity contribution >= 4 is 5.91 Å². The van der Waals surface area contributed by atoms with E-state index in [9.17, 15) is 4.79 Å². The van der Waals surface area contributed by atoms with E-state index in [1.54, 1.807) is 0 Å². The van der Waals surface area contributed by atoms with Crippen LogP contribution in [0.15, 0.2) is 24.3 Å². The molecular formula is C18H30N2O. The van der Waals surface area contributed by atoms with Crippen molar-refractivity contribution in [3.63, 3.8) is 0 Å². The lowest BCUT2D eigenvalue weighted by molar-refractivity contribution is 0.0899. The number of amides is 1. The number of carbonyl (C=O) groups is 1. The van der Waals surface area contributed by atoms with Gasteiger partial charge in [-0.2, -0.15) is 0 Å². The summed E-state index contributed by atoms with van der Waals surface area (Å²) in [7, 11) is 0. The first-order valence-corrected chi connectivity index (χ1v) is 7.67. The summed E-state index contributed by atoms with van der Waals surface area (Å²) in [5.41, 5.74) is 7.69. The molecule has 3 N–H and O–H groups in total. The van der Waals surface area contributed by atoms with Gasteiger partial charge in [0.2, 0.25) is 0 Å². The van der Waals surface area contributed by atoms with Gasteiger partial charge in [0, 0.05) is 11.6 Å². The van der Waals surface area contributed by atoms with Gasteiger partial charge in [0.15, 0.2) is 0 Å². The van der Waals surface area contributed by atoms with Crippen LogP contribution in [0.25, 0.3) is 0 Å². The smallest absolute Gasteiger partial charge is 0.251 e. The molecule has 1 aromatic carbocycles. The Balaban J connectivity index is 2.84. The molecule has 1 aromatic rings. The SMILES string of the molecule is CC(C)(C)c1ccc(C(=O)NC(CCN)C(C)(C)C)cc1. The average Bonchev–Trinajstić information content (AvgIpc) is 2.36. The van der Waals surface area contributed by atoms with Crippen LogP contribution in [0.4, 0.5) is 0 Å². The van der Waals surface area contributed by atoms with Crippen molar-refractivity contribution in [1.29, 1.82) is 0 Å². The number of hydrogen-bond acceptors (Lipinski definition) is 2. The maximum absolute atomic E-state index is 12.4. The van der Waals surface area contributed by atoms with Gasteiger partial charge in [0.1, 0.15) is 0 Å². The third kappa shape index (κ3) is 5.16. The number of nitrogens with one attached hydrogen (secondary N) is 1. The summed E-state index contributed by atoms with van der Waals surface area (Å²) in [6.45, 7) is 13.4. The molecule has 0 aliphatic carbocycles. The summed E-state index contributed by atoms with van der Waals surface area (Å²) in [6.07, 6.45) is 0.787. The molecular weight excluding hydrogens is 260 g/mol. The molecule has 0 saturated carbocycles. The van der Waals surface area contributed by atoms with Crippen LogP contribution in [-0.2, 0) is 5.41 Å². The highest BCUT2D eigenvalue weighted by molar-refractivity contribution is 5.94. The first kappa shape index (κ1) is 17.7. The predicted octanol–water partition coefficient (Wildman–Crippen LogP) is 3.48.